The quantitative estimate of drug-likeness (QED) is 0.841. The topological polar surface area (TPSA) is 96.5 Å². The maximum atomic E-state index is 12.0. The Hall–Kier alpha value is -2.04. The van der Waals surface area contributed by atoms with E-state index in [9.17, 15) is 9.59 Å². The van der Waals surface area contributed by atoms with Gasteiger partial charge in [-0.05, 0) is 6.92 Å². The van der Waals surface area contributed by atoms with Crippen LogP contribution in [0, 0.1) is 0 Å². The summed E-state index contributed by atoms with van der Waals surface area (Å²) in [7, 11) is 0. The molecule has 0 unspecified atom stereocenters. The van der Waals surface area contributed by atoms with Gasteiger partial charge >= 0.3 is 6.09 Å². The van der Waals surface area contributed by atoms with Gasteiger partial charge in [-0.2, -0.15) is 0 Å². The Labute approximate surface area is 146 Å². The molecule has 2 aromatic rings. The fraction of sp³-hybridized carbons (Fsp3) is 0.429. The first kappa shape index (κ1) is 16.8. The van der Waals surface area contributed by atoms with Crippen molar-refractivity contribution in [3.05, 3.63) is 22.1 Å². The highest BCUT2D eigenvalue weighted by Gasteiger charge is 2.23. The van der Waals surface area contributed by atoms with Crippen molar-refractivity contribution in [2.45, 2.75) is 19.9 Å². The minimum absolute atomic E-state index is 0.0808. The molecule has 0 saturated carbocycles. The Morgan fingerprint density at radius 2 is 2.25 bits per heavy atom. The highest BCUT2D eigenvalue weighted by Crippen LogP contribution is 2.28. The molecule has 0 aromatic carbocycles. The predicted octanol–water partition coefficient (Wildman–Crippen LogP) is 2.16. The van der Waals surface area contributed by atoms with Gasteiger partial charge in [0.2, 0.25) is 5.91 Å². The molecule has 2 amide bonds. The number of carbonyl (C=O) groups is 2. The first-order chi connectivity index (χ1) is 11.6. The van der Waals surface area contributed by atoms with E-state index < -0.39 is 6.09 Å². The normalized spacial score (nSPS) is 14.0. The summed E-state index contributed by atoms with van der Waals surface area (Å²) in [6, 6.07) is 0. The standard InChI is InChI=1S/C14H17N5O3S2/c1-2-22-14(21)18-13-16-9-3-5-19(7-10(9)24-13)8-11(20)17-12-15-4-6-23-12/h4,6H,2-3,5,7-8H2,1H3,(H,15,17,20)(H,16,18,21). The first-order valence-electron chi connectivity index (χ1n) is 7.48. The molecule has 2 aromatic heterocycles. The summed E-state index contributed by atoms with van der Waals surface area (Å²) in [5, 5.41) is 8.37. The van der Waals surface area contributed by atoms with E-state index >= 15 is 0 Å². The minimum Gasteiger partial charge on any atom is -0.450 e. The van der Waals surface area contributed by atoms with Gasteiger partial charge in [-0.15, -0.1) is 11.3 Å². The number of hydrogen-bond acceptors (Lipinski definition) is 8. The summed E-state index contributed by atoms with van der Waals surface area (Å²) in [4.78, 5) is 35.1. The second kappa shape index (κ2) is 7.69. The van der Waals surface area contributed by atoms with E-state index in [-0.39, 0.29) is 5.91 Å². The lowest BCUT2D eigenvalue weighted by Gasteiger charge is -2.24. The number of ether oxygens (including phenoxy) is 1. The minimum atomic E-state index is -0.497. The second-order valence-corrected chi connectivity index (χ2v) is 7.06. The summed E-state index contributed by atoms with van der Waals surface area (Å²) >= 11 is 2.81. The molecular weight excluding hydrogens is 350 g/mol. The maximum absolute atomic E-state index is 12.0. The zero-order valence-electron chi connectivity index (χ0n) is 13.1. The van der Waals surface area contributed by atoms with Crippen molar-refractivity contribution < 1.29 is 14.3 Å². The monoisotopic (exact) mass is 367 g/mol. The molecule has 1 aliphatic rings. The smallest absolute Gasteiger partial charge is 0.413 e. The van der Waals surface area contributed by atoms with E-state index in [4.69, 9.17) is 4.74 Å². The Kier molecular flexibility index (Phi) is 5.38. The van der Waals surface area contributed by atoms with Crippen LogP contribution >= 0.6 is 22.7 Å². The van der Waals surface area contributed by atoms with E-state index in [1.54, 1.807) is 13.1 Å². The lowest BCUT2D eigenvalue weighted by molar-refractivity contribution is -0.117. The summed E-state index contributed by atoms with van der Waals surface area (Å²) in [6.07, 6.45) is 1.91. The maximum Gasteiger partial charge on any atom is 0.413 e. The van der Waals surface area contributed by atoms with Crippen LogP contribution in [0.5, 0.6) is 0 Å². The fourth-order valence-corrected chi connectivity index (χ4v) is 3.92. The van der Waals surface area contributed by atoms with Crippen LogP contribution in [0.1, 0.15) is 17.5 Å². The zero-order chi connectivity index (χ0) is 16.9. The highest BCUT2D eigenvalue weighted by atomic mass is 32.1. The second-order valence-electron chi connectivity index (χ2n) is 5.08. The summed E-state index contributed by atoms with van der Waals surface area (Å²) < 4.78 is 4.85. The van der Waals surface area contributed by atoms with Crippen molar-refractivity contribution in [3.63, 3.8) is 0 Å². The molecule has 0 atom stereocenters. The Morgan fingerprint density at radius 3 is 3.00 bits per heavy atom. The lowest BCUT2D eigenvalue weighted by Crippen LogP contribution is -2.36. The number of anilines is 2. The Morgan fingerprint density at radius 1 is 1.38 bits per heavy atom. The van der Waals surface area contributed by atoms with Crippen molar-refractivity contribution in [1.29, 1.82) is 0 Å². The average Bonchev–Trinajstić information content (AvgIpc) is 3.15. The Balaban J connectivity index is 1.55. The van der Waals surface area contributed by atoms with Gasteiger partial charge in [0, 0.05) is 36.0 Å². The van der Waals surface area contributed by atoms with Crippen LogP contribution in [-0.4, -0.2) is 46.6 Å². The summed E-state index contributed by atoms with van der Waals surface area (Å²) in [5.74, 6) is -0.0808. The Bertz CT molecular complexity index is 716. The van der Waals surface area contributed by atoms with Crippen LogP contribution in [0.15, 0.2) is 11.6 Å². The van der Waals surface area contributed by atoms with Gasteiger partial charge in [-0.25, -0.2) is 14.8 Å². The largest absolute Gasteiger partial charge is 0.450 e. The third kappa shape index (κ3) is 4.28. The number of aromatic nitrogens is 2. The third-order valence-corrected chi connectivity index (χ3v) is 5.03. The summed E-state index contributed by atoms with van der Waals surface area (Å²) in [6.45, 7) is 3.77. The number of amides is 2. The molecule has 0 bridgehead atoms. The van der Waals surface area contributed by atoms with Gasteiger partial charge in [0.25, 0.3) is 0 Å². The van der Waals surface area contributed by atoms with Gasteiger partial charge in [0.05, 0.1) is 18.8 Å². The van der Waals surface area contributed by atoms with Gasteiger partial charge in [-0.1, -0.05) is 11.3 Å². The van der Waals surface area contributed by atoms with Crippen molar-refractivity contribution in [1.82, 2.24) is 14.9 Å². The predicted molar refractivity (Wildman–Crippen MR) is 92.5 cm³/mol. The number of nitrogens with zero attached hydrogens (tertiary/aromatic N) is 3. The van der Waals surface area contributed by atoms with Gasteiger partial charge < -0.3 is 10.1 Å². The fourth-order valence-electron chi connectivity index (χ4n) is 2.34. The lowest BCUT2D eigenvalue weighted by atomic mass is 10.2. The summed E-state index contributed by atoms with van der Waals surface area (Å²) in [5.41, 5.74) is 0.975. The van der Waals surface area contributed by atoms with Crippen LogP contribution in [0.2, 0.25) is 0 Å². The highest BCUT2D eigenvalue weighted by molar-refractivity contribution is 7.15. The first-order valence-corrected chi connectivity index (χ1v) is 9.17. The number of rotatable bonds is 5. The SMILES string of the molecule is CCOC(=O)Nc1nc2c(s1)CN(CC(=O)Nc1nccs1)CC2. The average molecular weight is 367 g/mol. The molecular formula is C14H17N5O3S2. The number of nitrogens with one attached hydrogen (secondary N) is 2. The van der Waals surface area contributed by atoms with Crippen LogP contribution in [0.3, 0.4) is 0 Å². The molecule has 1 aliphatic heterocycles. The van der Waals surface area contributed by atoms with E-state index in [1.807, 2.05) is 5.38 Å². The van der Waals surface area contributed by atoms with Crippen molar-refractivity contribution in [3.8, 4) is 0 Å². The van der Waals surface area contributed by atoms with E-state index in [1.165, 1.54) is 22.7 Å². The number of fused-ring (bicyclic) bond motifs is 1. The molecule has 3 rings (SSSR count). The van der Waals surface area contributed by atoms with Gasteiger partial charge in [-0.3, -0.25) is 15.0 Å². The molecule has 2 N–H and O–H groups in total. The van der Waals surface area contributed by atoms with Crippen LogP contribution in [0.25, 0.3) is 0 Å². The van der Waals surface area contributed by atoms with Gasteiger partial charge in [0.1, 0.15) is 0 Å². The molecule has 0 fully saturated rings. The van der Waals surface area contributed by atoms with Gasteiger partial charge in [0.15, 0.2) is 10.3 Å². The number of hydrogen-bond donors (Lipinski definition) is 2. The van der Waals surface area contributed by atoms with Crippen LogP contribution in [-0.2, 0) is 22.5 Å². The van der Waals surface area contributed by atoms with Crippen LogP contribution in [0.4, 0.5) is 15.1 Å². The molecule has 0 aliphatic carbocycles. The zero-order valence-corrected chi connectivity index (χ0v) is 14.7. The van der Waals surface area contributed by atoms with Crippen molar-refractivity contribution >= 4 is 44.9 Å². The molecule has 128 valence electrons. The van der Waals surface area contributed by atoms with Crippen molar-refractivity contribution in [2.24, 2.45) is 0 Å². The van der Waals surface area contributed by atoms with Crippen molar-refractivity contribution in [2.75, 3.05) is 30.3 Å². The number of carbonyl (C=O) groups excluding carboxylic acids is 2. The van der Waals surface area contributed by atoms with E-state index in [2.05, 4.69) is 25.5 Å². The van der Waals surface area contributed by atoms with E-state index in [0.717, 1.165) is 23.5 Å². The molecule has 8 nitrogen and oxygen atoms in total. The molecule has 0 spiro atoms. The molecule has 0 radical (unpaired) electrons. The third-order valence-electron chi connectivity index (χ3n) is 3.34. The molecule has 0 saturated heterocycles. The van der Waals surface area contributed by atoms with E-state index in [0.29, 0.717) is 30.0 Å². The van der Waals surface area contributed by atoms with Crippen LogP contribution < -0.4 is 10.6 Å². The number of thiazole rings is 2. The molecule has 24 heavy (non-hydrogen) atoms. The molecule has 10 heteroatoms. The molecule has 3 heterocycles.